The van der Waals surface area contributed by atoms with Gasteiger partial charge in [-0.15, -0.1) is 0 Å². The predicted octanol–water partition coefficient (Wildman–Crippen LogP) is 3.97. The van der Waals surface area contributed by atoms with Crippen molar-refractivity contribution < 1.29 is 27.5 Å². The molecule has 0 radical (unpaired) electrons. The first kappa shape index (κ1) is 21.9. The standard InChI is InChI=1S/C24H19F3N4O3/c25-24(26,27)15-3-1-2-13(10-15)18-12-17(22(28)32)21-20(29-18)16-5-4-14(11-19(16)30-21)23(33)31-6-8-34-9-7-31/h1-5,10-12,30H,6-9H2,(H2,28,32). The minimum atomic E-state index is -4.52. The summed E-state index contributed by atoms with van der Waals surface area (Å²) in [5.74, 6) is -0.895. The number of nitrogens with two attached hydrogens (primary N) is 1. The van der Waals surface area contributed by atoms with Gasteiger partial charge < -0.3 is 20.4 Å². The molecule has 2 amide bonds. The number of hydrogen-bond donors (Lipinski definition) is 2. The van der Waals surface area contributed by atoms with Crippen molar-refractivity contribution in [2.75, 3.05) is 26.3 Å². The molecule has 1 saturated heterocycles. The fraction of sp³-hybridized carbons (Fsp3) is 0.208. The molecule has 5 rings (SSSR count). The Labute approximate surface area is 191 Å². The van der Waals surface area contributed by atoms with Crippen LogP contribution >= 0.6 is 0 Å². The van der Waals surface area contributed by atoms with Crippen LogP contribution in [0.25, 0.3) is 33.2 Å². The molecule has 3 N–H and O–H groups in total. The quantitative estimate of drug-likeness (QED) is 0.475. The fourth-order valence-corrected chi connectivity index (χ4v) is 4.13. The normalized spacial score (nSPS) is 14.6. The molecule has 2 aromatic carbocycles. The van der Waals surface area contributed by atoms with E-state index in [-0.39, 0.29) is 22.7 Å². The first-order valence-electron chi connectivity index (χ1n) is 10.5. The summed E-state index contributed by atoms with van der Waals surface area (Å²) in [5, 5.41) is 0.616. The van der Waals surface area contributed by atoms with Gasteiger partial charge in [0.1, 0.15) is 0 Å². The number of fused-ring (bicyclic) bond motifs is 3. The van der Waals surface area contributed by atoms with E-state index in [2.05, 4.69) is 9.97 Å². The van der Waals surface area contributed by atoms with E-state index in [0.717, 1.165) is 12.1 Å². The van der Waals surface area contributed by atoms with Crippen LogP contribution < -0.4 is 5.73 Å². The highest BCUT2D eigenvalue weighted by Gasteiger charge is 2.30. The van der Waals surface area contributed by atoms with Crippen molar-refractivity contribution in [3.05, 3.63) is 65.2 Å². The Balaban J connectivity index is 1.64. The number of benzene rings is 2. The lowest BCUT2D eigenvalue weighted by Crippen LogP contribution is -2.40. The largest absolute Gasteiger partial charge is 0.416 e. The first-order valence-corrected chi connectivity index (χ1v) is 10.5. The number of aromatic amines is 1. The second kappa shape index (κ2) is 8.14. The number of pyridine rings is 1. The van der Waals surface area contributed by atoms with E-state index in [0.29, 0.717) is 53.8 Å². The van der Waals surface area contributed by atoms with Gasteiger partial charge in [-0.05, 0) is 36.4 Å². The van der Waals surface area contributed by atoms with Crippen molar-refractivity contribution in [3.8, 4) is 11.3 Å². The highest BCUT2D eigenvalue weighted by Crippen LogP contribution is 2.34. The molecule has 0 unspecified atom stereocenters. The number of halogens is 3. The maximum absolute atomic E-state index is 13.2. The summed E-state index contributed by atoms with van der Waals surface area (Å²) in [5.41, 5.74) is 6.99. The maximum atomic E-state index is 13.2. The number of morpholine rings is 1. The molecule has 1 aliphatic heterocycles. The fourth-order valence-electron chi connectivity index (χ4n) is 4.13. The van der Waals surface area contributed by atoms with Gasteiger partial charge in [0.05, 0.1) is 41.1 Å². The van der Waals surface area contributed by atoms with Crippen LogP contribution in [0.15, 0.2) is 48.5 Å². The zero-order valence-electron chi connectivity index (χ0n) is 17.8. The summed E-state index contributed by atoms with van der Waals surface area (Å²) in [6.45, 7) is 1.95. The number of primary amides is 1. The molecular formula is C24H19F3N4O3. The molecule has 0 aliphatic carbocycles. The van der Waals surface area contributed by atoms with Crippen LogP contribution in [0.3, 0.4) is 0 Å². The van der Waals surface area contributed by atoms with Gasteiger partial charge in [-0.3, -0.25) is 9.59 Å². The number of H-pyrrole nitrogens is 1. The number of carbonyl (C=O) groups excluding carboxylic acids is 2. The molecule has 4 aromatic rings. The Morgan fingerprint density at radius 1 is 1.06 bits per heavy atom. The maximum Gasteiger partial charge on any atom is 0.416 e. The van der Waals surface area contributed by atoms with Gasteiger partial charge in [-0.2, -0.15) is 13.2 Å². The Kier molecular flexibility index (Phi) is 5.24. The average Bonchev–Trinajstić information content (AvgIpc) is 3.20. The minimum Gasteiger partial charge on any atom is -0.378 e. The Morgan fingerprint density at radius 2 is 1.82 bits per heavy atom. The third-order valence-corrected chi connectivity index (χ3v) is 5.85. The van der Waals surface area contributed by atoms with Crippen molar-refractivity contribution in [2.24, 2.45) is 5.73 Å². The third kappa shape index (κ3) is 3.86. The van der Waals surface area contributed by atoms with Crippen molar-refractivity contribution in [2.45, 2.75) is 6.18 Å². The summed E-state index contributed by atoms with van der Waals surface area (Å²) < 4.78 is 44.9. The number of alkyl halides is 3. The molecule has 0 atom stereocenters. The second-order valence-corrected chi connectivity index (χ2v) is 8.01. The Bertz CT molecular complexity index is 1440. The van der Waals surface area contributed by atoms with E-state index in [1.54, 1.807) is 23.1 Å². The number of rotatable bonds is 3. The molecule has 1 aliphatic rings. The van der Waals surface area contributed by atoms with E-state index < -0.39 is 17.6 Å². The molecule has 10 heteroatoms. The van der Waals surface area contributed by atoms with Gasteiger partial charge in [0.15, 0.2) is 0 Å². The molecular weight excluding hydrogens is 449 g/mol. The highest BCUT2D eigenvalue weighted by atomic mass is 19.4. The van der Waals surface area contributed by atoms with Crippen molar-refractivity contribution >= 4 is 33.8 Å². The zero-order valence-corrected chi connectivity index (χ0v) is 17.8. The first-order chi connectivity index (χ1) is 16.2. The van der Waals surface area contributed by atoms with E-state index in [4.69, 9.17) is 10.5 Å². The van der Waals surface area contributed by atoms with Gasteiger partial charge in [0.25, 0.3) is 11.8 Å². The topological polar surface area (TPSA) is 101 Å². The van der Waals surface area contributed by atoms with E-state index in [1.165, 1.54) is 18.2 Å². The summed E-state index contributed by atoms with van der Waals surface area (Å²) in [7, 11) is 0. The number of amides is 2. The lowest BCUT2D eigenvalue weighted by Gasteiger charge is -2.26. The van der Waals surface area contributed by atoms with Crippen molar-refractivity contribution in [1.29, 1.82) is 0 Å². The lowest BCUT2D eigenvalue weighted by molar-refractivity contribution is -0.137. The number of ether oxygens (including phenoxy) is 1. The molecule has 0 spiro atoms. The van der Waals surface area contributed by atoms with Crippen LogP contribution in [0, 0.1) is 0 Å². The molecule has 3 heterocycles. The zero-order chi connectivity index (χ0) is 24.0. The summed E-state index contributed by atoms with van der Waals surface area (Å²) in [6.07, 6.45) is -4.52. The number of carbonyl (C=O) groups is 2. The molecule has 1 fully saturated rings. The van der Waals surface area contributed by atoms with Crippen LogP contribution in [0.4, 0.5) is 13.2 Å². The van der Waals surface area contributed by atoms with Gasteiger partial charge in [0.2, 0.25) is 0 Å². The number of nitrogens with one attached hydrogen (secondary N) is 1. The van der Waals surface area contributed by atoms with Crippen LogP contribution in [-0.4, -0.2) is 53.0 Å². The Hall–Kier alpha value is -3.92. The van der Waals surface area contributed by atoms with Gasteiger partial charge in [-0.25, -0.2) is 4.98 Å². The van der Waals surface area contributed by atoms with E-state index in [9.17, 15) is 22.8 Å². The summed E-state index contributed by atoms with van der Waals surface area (Å²) >= 11 is 0. The van der Waals surface area contributed by atoms with Crippen molar-refractivity contribution in [1.82, 2.24) is 14.9 Å². The molecule has 34 heavy (non-hydrogen) atoms. The van der Waals surface area contributed by atoms with Crippen LogP contribution in [-0.2, 0) is 10.9 Å². The predicted molar refractivity (Wildman–Crippen MR) is 119 cm³/mol. The average molecular weight is 468 g/mol. The second-order valence-electron chi connectivity index (χ2n) is 8.01. The van der Waals surface area contributed by atoms with E-state index in [1.807, 2.05) is 0 Å². The molecule has 174 valence electrons. The smallest absolute Gasteiger partial charge is 0.378 e. The number of aromatic nitrogens is 2. The summed E-state index contributed by atoms with van der Waals surface area (Å²) in [4.78, 5) is 34.4. The molecule has 7 nitrogen and oxygen atoms in total. The van der Waals surface area contributed by atoms with Crippen LogP contribution in [0.1, 0.15) is 26.3 Å². The molecule has 0 saturated carbocycles. The van der Waals surface area contributed by atoms with Gasteiger partial charge >= 0.3 is 6.18 Å². The Morgan fingerprint density at radius 3 is 2.53 bits per heavy atom. The third-order valence-electron chi connectivity index (χ3n) is 5.85. The number of hydrogen-bond acceptors (Lipinski definition) is 4. The van der Waals surface area contributed by atoms with Gasteiger partial charge in [-0.1, -0.05) is 12.1 Å². The SMILES string of the molecule is NC(=O)c1cc(-c2cccc(C(F)(F)F)c2)nc2c1[nH]c1cc(C(=O)N3CCOCC3)ccc12. The number of nitrogens with zero attached hydrogens (tertiary/aromatic N) is 2. The summed E-state index contributed by atoms with van der Waals surface area (Å²) in [6, 6.07) is 11.1. The highest BCUT2D eigenvalue weighted by molar-refractivity contribution is 6.14. The minimum absolute atomic E-state index is 0.0923. The van der Waals surface area contributed by atoms with Gasteiger partial charge in [0, 0.05) is 35.1 Å². The van der Waals surface area contributed by atoms with Crippen LogP contribution in [0.2, 0.25) is 0 Å². The lowest BCUT2D eigenvalue weighted by atomic mass is 10.0. The molecule has 0 bridgehead atoms. The van der Waals surface area contributed by atoms with Crippen LogP contribution in [0.5, 0.6) is 0 Å². The molecule has 2 aromatic heterocycles. The monoisotopic (exact) mass is 468 g/mol. The van der Waals surface area contributed by atoms with Crippen molar-refractivity contribution in [3.63, 3.8) is 0 Å². The van der Waals surface area contributed by atoms with E-state index >= 15 is 0 Å².